The number of aliphatic hydroxyl groups is 1. The molecule has 0 aliphatic carbocycles. The molecule has 0 fully saturated rings. The van der Waals surface area contributed by atoms with E-state index in [1.807, 2.05) is 63.2 Å². The molecular weight excluding hydrogens is 220 g/mol. The zero-order valence-electron chi connectivity index (χ0n) is 11.6. The predicted molar refractivity (Wildman–Crippen MR) is 77.8 cm³/mol. The molecule has 0 bridgehead atoms. The van der Waals surface area contributed by atoms with Gasteiger partial charge in [-0.3, -0.25) is 0 Å². The molecule has 2 aromatic carbocycles. The smallest absolute Gasteiger partial charge is 0.104 e. The van der Waals surface area contributed by atoms with Crippen LogP contribution in [0.15, 0.2) is 48.5 Å². The summed E-state index contributed by atoms with van der Waals surface area (Å²) >= 11 is 0. The number of aliphatic hydroxyl groups excluding tert-OH is 1. The van der Waals surface area contributed by atoms with E-state index in [0.29, 0.717) is 0 Å². The summed E-state index contributed by atoms with van der Waals surface area (Å²) in [6.07, 6.45) is -0.526. The molecule has 0 amide bonds. The monoisotopic (exact) mass is 242 g/mol. The molecule has 18 heavy (non-hydrogen) atoms. The van der Waals surface area contributed by atoms with Crippen molar-refractivity contribution in [2.24, 2.45) is 0 Å². The van der Waals surface area contributed by atoms with Gasteiger partial charge >= 0.3 is 0 Å². The standard InChI is InChI=1S/C15H16O.C2H6/c1-11-8-9-14(12(2)10-11)15(16)13-6-4-3-5-7-13;1-2/h3-10,15-16H,1-2H3;1-2H3. The van der Waals surface area contributed by atoms with E-state index in [0.717, 1.165) is 16.7 Å². The summed E-state index contributed by atoms with van der Waals surface area (Å²) in [7, 11) is 0. The van der Waals surface area contributed by atoms with Gasteiger partial charge in [0.25, 0.3) is 0 Å². The zero-order chi connectivity index (χ0) is 13.5. The van der Waals surface area contributed by atoms with Crippen LogP contribution in [0.2, 0.25) is 0 Å². The average Bonchev–Trinajstić information content (AvgIpc) is 2.41. The summed E-state index contributed by atoms with van der Waals surface area (Å²) in [6.45, 7) is 8.10. The van der Waals surface area contributed by atoms with Crippen molar-refractivity contribution in [3.8, 4) is 0 Å². The van der Waals surface area contributed by atoms with Gasteiger partial charge in [-0.15, -0.1) is 0 Å². The fraction of sp³-hybridized carbons (Fsp3) is 0.294. The van der Waals surface area contributed by atoms with E-state index in [9.17, 15) is 5.11 Å². The normalized spacial score (nSPS) is 11.4. The topological polar surface area (TPSA) is 20.2 Å². The van der Waals surface area contributed by atoms with Crippen molar-refractivity contribution in [3.05, 3.63) is 70.8 Å². The summed E-state index contributed by atoms with van der Waals surface area (Å²) in [5.41, 5.74) is 4.28. The summed E-state index contributed by atoms with van der Waals surface area (Å²) in [4.78, 5) is 0. The largest absolute Gasteiger partial charge is 0.384 e. The number of aryl methyl sites for hydroxylation is 2. The molecule has 0 saturated heterocycles. The van der Waals surface area contributed by atoms with E-state index in [1.54, 1.807) is 0 Å². The van der Waals surface area contributed by atoms with Gasteiger partial charge in [0.1, 0.15) is 6.10 Å². The minimum atomic E-state index is -0.526. The van der Waals surface area contributed by atoms with Crippen molar-refractivity contribution in [2.75, 3.05) is 0 Å². The van der Waals surface area contributed by atoms with Gasteiger partial charge in [-0.2, -0.15) is 0 Å². The molecule has 0 aliphatic heterocycles. The molecule has 0 aliphatic rings. The van der Waals surface area contributed by atoms with Crippen molar-refractivity contribution in [2.45, 2.75) is 33.8 Å². The predicted octanol–water partition coefficient (Wildman–Crippen LogP) is 4.41. The van der Waals surface area contributed by atoms with Gasteiger partial charge in [0.2, 0.25) is 0 Å². The highest BCUT2D eigenvalue weighted by Gasteiger charge is 2.11. The van der Waals surface area contributed by atoms with Crippen molar-refractivity contribution < 1.29 is 5.11 Å². The third-order valence-electron chi connectivity index (χ3n) is 2.84. The fourth-order valence-electron chi connectivity index (χ4n) is 1.95. The van der Waals surface area contributed by atoms with Crippen molar-refractivity contribution in [1.29, 1.82) is 0 Å². The Morgan fingerprint density at radius 1 is 0.889 bits per heavy atom. The maximum atomic E-state index is 10.3. The van der Waals surface area contributed by atoms with Crippen LogP contribution in [0.1, 0.15) is 42.2 Å². The highest BCUT2D eigenvalue weighted by atomic mass is 16.3. The Balaban J connectivity index is 0.000000771. The Bertz CT molecular complexity index is 474. The third kappa shape index (κ3) is 3.44. The van der Waals surface area contributed by atoms with E-state index in [1.165, 1.54) is 5.56 Å². The van der Waals surface area contributed by atoms with Crippen LogP contribution in [0.3, 0.4) is 0 Å². The number of hydrogen-bond acceptors (Lipinski definition) is 1. The van der Waals surface area contributed by atoms with E-state index >= 15 is 0 Å². The SMILES string of the molecule is CC.Cc1ccc(C(O)c2ccccc2)c(C)c1. The molecular formula is C17H22O. The van der Waals surface area contributed by atoms with Crippen molar-refractivity contribution in [1.82, 2.24) is 0 Å². The van der Waals surface area contributed by atoms with Crippen LogP contribution in [-0.2, 0) is 0 Å². The molecule has 1 nitrogen and oxygen atoms in total. The van der Waals surface area contributed by atoms with Crippen LogP contribution < -0.4 is 0 Å². The van der Waals surface area contributed by atoms with Crippen LogP contribution in [0.4, 0.5) is 0 Å². The fourth-order valence-corrected chi connectivity index (χ4v) is 1.95. The molecule has 0 saturated carbocycles. The first-order valence-electron chi connectivity index (χ1n) is 6.48. The first kappa shape index (κ1) is 14.5. The molecule has 0 radical (unpaired) electrons. The minimum Gasteiger partial charge on any atom is -0.384 e. The number of benzene rings is 2. The summed E-state index contributed by atoms with van der Waals surface area (Å²) in [5.74, 6) is 0. The highest BCUT2D eigenvalue weighted by molar-refractivity contribution is 5.37. The lowest BCUT2D eigenvalue weighted by atomic mass is 9.96. The Kier molecular flexibility index (Phi) is 5.60. The van der Waals surface area contributed by atoms with Gasteiger partial charge in [0, 0.05) is 0 Å². The third-order valence-corrected chi connectivity index (χ3v) is 2.84. The van der Waals surface area contributed by atoms with Gasteiger partial charge in [0.05, 0.1) is 0 Å². The second-order valence-corrected chi connectivity index (χ2v) is 4.17. The van der Waals surface area contributed by atoms with Crippen LogP contribution in [0.25, 0.3) is 0 Å². The Labute approximate surface area is 110 Å². The van der Waals surface area contributed by atoms with Crippen LogP contribution >= 0.6 is 0 Å². The number of hydrogen-bond donors (Lipinski definition) is 1. The second-order valence-electron chi connectivity index (χ2n) is 4.17. The molecule has 1 unspecified atom stereocenters. The van der Waals surface area contributed by atoms with E-state index in [-0.39, 0.29) is 0 Å². The lowest BCUT2D eigenvalue weighted by Crippen LogP contribution is -2.01. The van der Waals surface area contributed by atoms with E-state index in [2.05, 4.69) is 13.0 Å². The summed E-state index contributed by atoms with van der Waals surface area (Å²) < 4.78 is 0. The van der Waals surface area contributed by atoms with Gasteiger partial charge in [-0.1, -0.05) is 67.9 Å². The molecule has 2 aromatic rings. The van der Waals surface area contributed by atoms with Crippen molar-refractivity contribution >= 4 is 0 Å². The lowest BCUT2D eigenvalue weighted by molar-refractivity contribution is 0.219. The van der Waals surface area contributed by atoms with Gasteiger partial charge in [-0.05, 0) is 30.5 Å². The summed E-state index contributed by atoms with van der Waals surface area (Å²) in [6, 6.07) is 15.9. The molecule has 0 heterocycles. The summed E-state index contributed by atoms with van der Waals surface area (Å²) in [5, 5.41) is 10.3. The van der Waals surface area contributed by atoms with Crippen LogP contribution in [0.5, 0.6) is 0 Å². The molecule has 1 heteroatoms. The Hall–Kier alpha value is -1.60. The number of rotatable bonds is 2. The maximum absolute atomic E-state index is 10.3. The molecule has 96 valence electrons. The van der Waals surface area contributed by atoms with E-state index in [4.69, 9.17) is 0 Å². The van der Waals surface area contributed by atoms with E-state index < -0.39 is 6.10 Å². The molecule has 0 spiro atoms. The molecule has 1 atom stereocenters. The van der Waals surface area contributed by atoms with Crippen molar-refractivity contribution in [3.63, 3.8) is 0 Å². The Morgan fingerprint density at radius 3 is 2.06 bits per heavy atom. The lowest BCUT2D eigenvalue weighted by Gasteiger charge is -2.14. The second kappa shape index (κ2) is 6.97. The minimum absolute atomic E-state index is 0.526. The molecule has 0 aromatic heterocycles. The zero-order valence-corrected chi connectivity index (χ0v) is 11.6. The van der Waals surface area contributed by atoms with Gasteiger partial charge < -0.3 is 5.11 Å². The maximum Gasteiger partial charge on any atom is 0.104 e. The Morgan fingerprint density at radius 2 is 1.50 bits per heavy atom. The highest BCUT2D eigenvalue weighted by Crippen LogP contribution is 2.24. The van der Waals surface area contributed by atoms with Gasteiger partial charge in [-0.25, -0.2) is 0 Å². The average molecular weight is 242 g/mol. The first-order chi connectivity index (χ1) is 8.68. The van der Waals surface area contributed by atoms with Crippen LogP contribution in [-0.4, -0.2) is 5.11 Å². The van der Waals surface area contributed by atoms with Crippen LogP contribution in [0, 0.1) is 13.8 Å². The molecule has 2 rings (SSSR count). The van der Waals surface area contributed by atoms with Gasteiger partial charge in [0.15, 0.2) is 0 Å². The first-order valence-corrected chi connectivity index (χ1v) is 6.48. The quantitative estimate of drug-likeness (QED) is 0.827. The molecule has 1 N–H and O–H groups in total.